The molecule has 0 atom stereocenters. The van der Waals surface area contributed by atoms with E-state index in [2.05, 4.69) is 32.4 Å². The second kappa shape index (κ2) is 5.74. The van der Waals surface area contributed by atoms with Crippen molar-refractivity contribution in [3.8, 4) is 0 Å². The molecule has 0 saturated carbocycles. The van der Waals surface area contributed by atoms with Crippen molar-refractivity contribution in [1.82, 2.24) is 0 Å². The molecule has 0 saturated heterocycles. The summed E-state index contributed by atoms with van der Waals surface area (Å²) in [4.78, 5) is 0. The Morgan fingerprint density at radius 3 is 2.29 bits per heavy atom. The Hall–Kier alpha value is -0.260. The Morgan fingerprint density at radius 1 is 1.14 bits per heavy atom. The van der Waals surface area contributed by atoms with Gasteiger partial charge in [0.1, 0.15) is 0 Å². The SMILES string of the molecule is CC[CH]/C=C/CC. The highest BCUT2D eigenvalue weighted by Crippen LogP contribution is 1.87. The molecule has 0 spiro atoms. The van der Waals surface area contributed by atoms with Crippen LogP contribution in [0.3, 0.4) is 0 Å². The lowest BCUT2D eigenvalue weighted by atomic mass is 10.3. The van der Waals surface area contributed by atoms with Crippen LogP contribution in [0.4, 0.5) is 0 Å². The lowest BCUT2D eigenvalue weighted by Crippen LogP contribution is -1.60. The molecule has 0 heteroatoms. The van der Waals surface area contributed by atoms with Crippen LogP contribution in [0.25, 0.3) is 0 Å². The maximum absolute atomic E-state index is 2.16. The molecular weight excluding hydrogens is 84.1 g/mol. The van der Waals surface area contributed by atoms with Gasteiger partial charge in [0, 0.05) is 0 Å². The first kappa shape index (κ1) is 6.74. The predicted octanol–water partition coefficient (Wildman–Crippen LogP) is 2.57. The predicted molar refractivity (Wildman–Crippen MR) is 34.0 cm³/mol. The zero-order valence-corrected chi connectivity index (χ0v) is 5.15. The quantitative estimate of drug-likeness (QED) is 0.507. The van der Waals surface area contributed by atoms with Gasteiger partial charge in [0.2, 0.25) is 0 Å². The van der Waals surface area contributed by atoms with Crippen molar-refractivity contribution < 1.29 is 0 Å². The molecule has 7 heavy (non-hydrogen) atoms. The van der Waals surface area contributed by atoms with E-state index >= 15 is 0 Å². The number of rotatable bonds is 3. The Labute approximate surface area is 46.2 Å². The zero-order valence-electron chi connectivity index (χ0n) is 5.15. The molecule has 41 valence electrons. The number of hydrogen-bond donors (Lipinski definition) is 0. The summed E-state index contributed by atoms with van der Waals surface area (Å²) in [6, 6.07) is 0. The fourth-order valence-electron chi connectivity index (χ4n) is 0.368. The average Bonchev–Trinajstić information content (AvgIpc) is 1.69. The van der Waals surface area contributed by atoms with E-state index in [0.717, 1.165) is 12.8 Å². The fraction of sp³-hybridized carbons (Fsp3) is 0.571. The van der Waals surface area contributed by atoms with Crippen molar-refractivity contribution in [2.75, 3.05) is 0 Å². The van der Waals surface area contributed by atoms with Crippen molar-refractivity contribution in [3.63, 3.8) is 0 Å². The molecule has 0 heterocycles. The Balaban J connectivity index is 2.78. The molecule has 0 rings (SSSR count). The van der Waals surface area contributed by atoms with Crippen molar-refractivity contribution in [1.29, 1.82) is 0 Å². The molecule has 0 aromatic rings. The minimum Gasteiger partial charge on any atom is -0.0885 e. The highest BCUT2D eigenvalue weighted by Gasteiger charge is 1.68. The monoisotopic (exact) mass is 97.1 g/mol. The lowest BCUT2D eigenvalue weighted by molar-refractivity contribution is 1.13. The van der Waals surface area contributed by atoms with Crippen LogP contribution < -0.4 is 0 Å². The maximum atomic E-state index is 2.16. The summed E-state index contributed by atoms with van der Waals surface area (Å²) in [6.07, 6.45) is 8.72. The molecule has 0 nitrogen and oxygen atoms in total. The normalized spacial score (nSPS) is 10.6. The molecule has 0 aromatic heterocycles. The first-order valence-corrected chi connectivity index (χ1v) is 2.90. The average molecular weight is 97.2 g/mol. The topological polar surface area (TPSA) is 0 Å². The first-order chi connectivity index (χ1) is 3.41. The van der Waals surface area contributed by atoms with Gasteiger partial charge in [-0.25, -0.2) is 0 Å². The van der Waals surface area contributed by atoms with E-state index in [1.54, 1.807) is 0 Å². The van der Waals surface area contributed by atoms with Crippen molar-refractivity contribution >= 4 is 0 Å². The van der Waals surface area contributed by atoms with Gasteiger partial charge in [0.25, 0.3) is 0 Å². The summed E-state index contributed by atoms with van der Waals surface area (Å²) in [5, 5.41) is 0. The van der Waals surface area contributed by atoms with Crippen molar-refractivity contribution in [2.24, 2.45) is 0 Å². The van der Waals surface area contributed by atoms with Crippen LogP contribution in [-0.2, 0) is 0 Å². The van der Waals surface area contributed by atoms with Gasteiger partial charge in [-0.3, -0.25) is 0 Å². The minimum atomic E-state index is 1.15. The third-order valence-corrected chi connectivity index (χ3v) is 0.744. The molecular formula is C7H13. The molecule has 0 bridgehead atoms. The third-order valence-electron chi connectivity index (χ3n) is 0.744. The summed E-state index contributed by atoms with van der Waals surface area (Å²) in [5.41, 5.74) is 0. The van der Waals surface area contributed by atoms with Gasteiger partial charge in [-0.15, -0.1) is 0 Å². The van der Waals surface area contributed by atoms with E-state index in [1.165, 1.54) is 0 Å². The number of allylic oxidation sites excluding steroid dienone is 2. The fourth-order valence-corrected chi connectivity index (χ4v) is 0.368. The molecule has 0 amide bonds. The van der Waals surface area contributed by atoms with Crippen molar-refractivity contribution in [2.45, 2.75) is 26.7 Å². The van der Waals surface area contributed by atoms with Gasteiger partial charge in [-0.05, 0) is 19.3 Å². The van der Waals surface area contributed by atoms with E-state index in [-0.39, 0.29) is 0 Å². The van der Waals surface area contributed by atoms with Crippen LogP contribution in [0.1, 0.15) is 26.7 Å². The highest BCUT2D eigenvalue weighted by molar-refractivity contribution is 4.92. The molecule has 0 aliphatic heterocycles. The number of unbranched alkanes of at least 4 members (excludes halogenated alkanes) is 1. The van der Waals surface area contributed by atoms with Gasteiger partial charge < -0.3 is 0 Å². The van der Waals surface area contributed by atoms with Crippen LogP contribution in [-0.4, -0.2) is 0 Å². The van der Waals surface area contributed by atoms with Gasteiger partial charge in [0.05, 0.1) is 0 Å². The van der Waals surface area contributed by atoms with E-state index in [9.17, 15) is 0 Å². The minimum absolute atomic E-state index is 1.15. The smallest absolute Gasteiger partial charge is 0.0173 e. The largest absolute Gasteiger partial charge is 0.0885 e. The van der Waals surface area contributed by atoms with Crippen LogP contribution >= 0.6 is 0 Å². The second-order valence-electron chi connectivity index (χ2n) is 1.48. The summed E-state index contributed by atoms with van der Waals surface area (Å²) < 4.78 is 0. The van der Waals surface area contributed by atoms with Gasteiger partial charge in [0.15, 0.2) is 0 Å². The van der Waals surface area contributed by atoms with Crippen LogP contribution in [0, 0.1) is 6.42 Å². The van der Waals surface area contributed by atoms with Crippen LogP contribution in [0.5, 0.6) is 0 Å². The summed E-state index contributed by atoms with van der Waals surface area (Å²) in [5.74, 6) is 0. The highest BCUT2D eigenvalue weighted by atomic mass is 13.7. The van der Waals surface area contributed by atoms with Gasteiger partial charge in [-0.2, -0.15) is 0 Å². The number of hydrogen-bond acceptors (Lipinski definition) is 0. The summed E-state index contributed by atoms with van der Waals surface area (Å²) in [6.45, 7) is 4.28. The Bertz CT molecular complexity index is 44.0. The Kier molecular flexibility index (Phi) is 5.53. The third kappa shape index (κ3) is 5.74. The molecule has 0 aliphatic rings. The van der Waals surface area contributed by atoms with Crippen LogP contribution in [0.2, 0.25) is 0 Å². The standard InChI is InChI=1S/C7H13/c1-3-5-7-6-4-2/h5-7H,3-4H2,1-2H3/b7-5+. The van der Waals surface area contributed by atoms with Crippen molar-refractivity contribution in [3.05, 3.63) is 18.6 Å². The zero-order chi connectivity index (χ0) is 5.54. The molecule has 1 radical (unpaired) electrons. The summed E-state index contributed by atoms with van der Waals surface area (Å²) >= 11 is 0. The van der Waals surface area contributed by atoms with Gasteiger partial charge in [-0.1, -0.05) is 26.0 Å². The maximum Gasteiger partial charge on any atom is -0.0173 e. The summed E-state index contributed by atoms with van der Waals surface area (Å²) in [7, 11) is 0. The van der Waals surface area contributed by atoms with Crippen LogP contribution in [0.15, 0.2) is 12.2 Å². The van der Waals surface area contributed by atoms with E-state index in [0.29, 0.717) is 0 Å². The molecule has 0 aliphatic carbocycles. The van der Waals surface area contributed by atoms with E-state index in [1.807, 2.05) is 0 Å². The molecule has 0 aromatic carbocycles. The lowest BCUT2D eigenvalue weighted by Gasteiger charge is -1.79. The second-order valence-corrected chi connectivity index (χ2v) is 1.48. The molecule has 0 fully saturated rings. The van der Waals surface area contributed by atoms with E-state index in [4.69, 9.17) is 0 Å². The first-order valence-electron chi connectivity index (χ1n) is 2.90. The molecule has 0 N–H and O–H groups in total. The van der Waals surface area contributed by atoms with Gasteiger partial charge >= 0.3 is 0 Å². The Morgan fingerprint density at radius 2 is 1.86 bits per heavy atom. The van der Waals surface area contributed by atoms with E-state index < -0.39 is 0 Å². The molecule has 0 unspecified atom stereocenters.